The zero-order valence-electron chi connectivity index (χ0n) is 9.47. The molecular weight excluding hydrogens is 323 g/mol. The Morgan fingerprint density at radius 3 is 2.29 bits per heavy atom. The minimum atomic E-state index is 0.614. The van der Waals surface area contributed by atoms with Crippen molar-refractivity contribution in [2.45, 2.75) is 13.3 Å². The Morgan fingerprint density at radius 2 is 1.82 bits per heavy atom. The molecule has 0 N–H and O–H groups in total. The zero-order valence-corrected chi connectivity index (χ0v) is 12.6. The van der Waals surface area contributed by atoms with Crippen LogP contribution < -0.4 is 0 Å². The van der Waals surface area contributed by atoms with E-state index in [0.717, 1.165) is 27.8 Å². The second kappa shape index (κ2) is 5.01. The molecule has 2 rings (SSSR count). The van der Waals surface area contributed by atoms with Crippen LogP contribution >= 0.6 is 39.1 Å². The zero-order chi connectivity index (χ0) is 12.6. The minimum Gasteiger partial charge on any atom is -0.271 e. The molecule has 0 aliphatic heterocycles. The Morgan fingerprint density at radius 1 is 1.24 bits per heavy atom. The summed E-state index contributed by atoms with van der Waals surface area (Å²) in [6.45, 7) is 2.09. The van der Waals surface area contributed by atoms with Gasteiger partial charge in [-0.3, -0.25) is 4.68 Å². The van der Waals surface area contributed by atoms with Crippen molar-refractivity contribution in [2.75, 3.05) is 0 Å². The molecule has 0 radical (unpaired) electrons. The Bertz CT molecular complexity index is 544. The summed E-state index contributed by atoms with van der Waals surface area (Å²) in [5, 5.41) is 5.71. The van der Waals surface area contributed by atoms with E-state index < -0.39 is 0 Å². The molecule has 90 valence electrons. The fraction of sp³-hybridized carbons (Fsp3) is 0.250. The molecule has 0 saturated heterocycles. The molecule has 2 aromatic rings. The molecule has 0 spiro atoms. The molecule has 0 aliphatic carbocycles. The molecule has 1 heterocycles. The Hall–Kier alpha value is -0.510. The lowest BCUT2D eigenvalue weighted by Crippen LogP contribution is -1.96. The van der Waals surface area contributed by atoms with Crippen molar-refractivity contribution in [1.82, 2.24) is 9.78 Å². The van der Waals surface area contributed by atoms with Gasteiger partial charge in [0.25, 0.3) is 0 Å². The highest BCUT2D eigenvalue weighted by Crippen LogP contribution is 2.33. The first-order valence-electron chi connectivity index (χ1n) is 5.20. The van der Waals surface area contributed by atoms with E-state index in [9.17, 15) is 0 Å². The van der Waals surface area contributed by atoms with E-state index in [1.165, 1.54) is 0 Å². The van der Waals surface area contributed by atoms with Crippen LogP contribution in [0, 0.1) is 0 Å². The lowest BCUT2D eigenvalue weighted by molar-refractivity contribution is 0.719. The third-order valence-electron chi connectivity index (χ3n) is 2.57. The largest absolute Gasteiger partial charge is 0.271 e. The summed E-state index contributed by atoms with van der Waals surface area (Å²) in [5.74, 6) is 0. The number of aryl methyl sites for hydroxylation is 1. The van der Waals surface area contributed by atoms with Crippen LogP contribution in [0.5, 0.6) is 0 Å². The van der Waals surface area contributed by atoms with Crippen LogP contribution in [-0.2, 0) is 13.5 Å². The molecule has 0 atom stereocenters. The van der Waals surface area contributed by atoms with Gasteiger partial charge in [-0.1, -0.05) is 30.1 Å². The van der Waals surface area contributed by atoms with Crippen molar-refractivity contribution in [3.8, 4) is 11.3 Å². The highest BCUT2D eigenvalue weighted by Gasteiger charge is 2.14. The maximum atomic E-state index is 6.00. The molecule has 0 bridgehead atoms. The third kappa shape index (κ3) is 2.51. The molecule has 5 heteroatoms. The first kappa shape index (κ1) is 12.9. The number of hydrogen-bond acceptors (Lipinski definition) is 1. The van der Waals surface area contributed by atoms with E-state index in [4.69, 9.17) is 23.2 Å². The lowest BCUT2D eigenvalue weighted by Gasteiger charge is -2.00. The van der Waals surface area contributed by atoms with Crippen molar-refractivity contribution >= 4 is 39.1 Å². The number of nitrogens with zero attached hydrogens (tertiary/aromatic N) is 2. The molecular formula is C12H11BrCl2N2. The van der Waals surface area contributed by atoms with Crippen LogP contribution in [0.1, 0.15) is 12.6 Å². The average Bonchev–Trinajstić information content (AvgIpc) is 2.52. The van der Waals surface area contributed by atoms with Crippen molar-refractivity contribution in [3.05, 3.63) is 38.4 Å². The van der Waals surface area contributed by atoms with Gasteiger partial charge in [0.2, 0.25) is 0 Å². The second-order valence-electron chi connectivity index (χ2n) is 3.74. The van der Waals surface area contributed by atoms with E-state index in [1.54, 1.807) is 6.07 Å². The van der Waals surface area contributed by atoms with Gasteiger partial charge in [0, 0.05) is 22.7 Å². The van der Waals surface area contributed by atoms with Crippen LogP contribution in [0.2, 0.25) is 10.0 Å². The van der Waals surface area contributed by atoms with Crippen LogP contribution in [0.25, 0.3) is 11.3 Å². The number of hydrogen-bond donors (Lipinski definition) is 0. The van der Waals surface area contributed by atoms with Gasteiger partial charge in [0.15, 0.2) is 0 Å². The summed E-state index contributed by atoms with van der Waals surface area (Å²) >= 11 is 15.6. The van der Waals surface area contributed by atoms with Crippen LogP contribution in [0.3, 0.4) is 0 Å². The summed E-state index contributed by atoms with van der Waals surface area (Å²) in [4.78, 5) is 0. The molecule has 1 aromatic carbocycles. The Labute approximate surface area is 119 Å². The van der Waals surface area contributed by atoms with Gasteiger partial charge in [0.05, 0.1) is 10.2 Å². The minimum absolute atomic E-state index is 0.614. The molecule has 0 amide bonds. The first-order valence-corrected chi connectivity index (χ1v) is 6.75. The van der Waals surface area contributed by atoms with E-state index in [1.807, 2.05) is 23.9 Å². The number of rotatable bonds is 2. The van der Waals surface area contributed by atoms with E-state index in [2.05, 4.69) is 28.0 Å². The SMILES string of the molecule is CCc1c(Br)c(-c2cc(Cl)cc(Cl)c2)nn1C. The van der Waals surface area contributed by atoms with E-state index >= 15 is 0 Å². The van der Waals surface area contributed by atoms with Crippen molar-refractivity contribution in [3.63, 3.8) is 0 Å². The topological polar surface area (TPSA) is 17.8 Å². The number of halogens is 3. The summed E-state index contributed by atoms with van der Waals surface area (Å²) in [7, 11) is 1.93. The summed E-state index contributed by atoms with van der Waals surface area (Å²) in [6, 6.07) is 5.43. The maximum Gasteiger partial charge on any atom is 0.107 e. The van der Waals surface area contributed by atoms with Gasteiger partial charge in [-0.15, -0.1) is 0 Å². The van der Waals surface area contributed by atoms with Gasteiger partial charge in [-0.2, -0.15) is 5.10 Å². The van der Waals surface area contributed by atoms with Gasteiger partial charge in [0.1, 0.15) is 5.69 Å². The van der Waals surface area contributed by atoms with Crippen molar-refractivity contribution in [1.29, 1.82) is 0 Å². The Kier molecular flexibility index (Phi) is 3.81. The van der Waals surface area contributed by atoms with Crippen LogP contribution in [0.15, 0.2) is 22.7 Å². The molecule has 2 nitrogen and oxygen atoms in total. The number of aromatic nitrogens is 2. The summed E-state index contributed by atoms with van der Waals surface area (Å²) in [5.41, 5.74) is 2.94. The van der Waals surface area contributed by atoms with Crippen molar-refractivity contribution < 1.29 is 0 Å². The van der Waals surface area contributed by atoms with Gasteiger partial charge in [-0.25, -0.2) is 0 Å². The molecule has 0 unspecified atom stereocenters. The molecule has 0 aliphatic rings. The van der Waals surface area contributed by atoms with Crippen LogP contribution in [-0.4, -0.2) is 9.78 Å². The molecule has 17 heavy (non-hydrogen) atoms. The number of benzene rings is 1. The lowest BCUT2D eigenvalue weighted by atomic mass is 10.1. The van der Waals surface area contributed by atoms with Gasteiger partial charge in [-0.05, 0) is 40.5 Å². The highest BCUT2D eigenvalue weighted by atomic mass is 79.9. The second-order valence-corrected chi connectivity index (χ2v) is 5.41. The first-order chi connectivity index (χ1) is 8.02. The average molecular weight is 334 g/mol. The monoisotopic (exact) mass is 332 g/mol. The third-order valence-corrected chi connectivity index (χ3v) is 3.84. The molecule has 1 aromatic heterocycles. The maximum absolute atomic E-state index is 6.00. The van der Waals surface area contributed by atoms with Crippen LogP contribution in [0.4, 0.5) is 0 Å². The fourth-order valence-corrected chi connectivity index (χ4v) is 3.16. The van der Waals surface area contributed by atoms with E-state index in [-0.39, 0.29) is 0 Å². The van der Waals surface area contributed by atoms with Gasteiger partial charge >= 0.3 is 0 Å². The standard InChI is InChI=1S/C12H11BrCl2N2/c1-3-10-11(13)12(16-17(10)2)7-4-8(14)6-9(15)5-7/h4-6H,3H2,1-2H3. The predicted octanol–water partition coefficient (Wildman–Crippen LogP) is 4.72. The normalized spacial score (nSPS) is 10.9. The fourth-order valence-electron chi connectivity index (χ4n) is 1.79. The van der Waals surface area contributed by atoms with Gasteiger partial charge < -0.3 is 0 Å². The highest BCUT2D eigenvalue weighted by molar-refractivity contribution is 9.10. The molecule has 0 saturated carbocycles. The smallest absolute Gasteiger partial charge is 0.107 e. The van der Waals surface area contributed by atoms with E-state index in [0.29, 0.717) is 10.0 Å². The quantitative estimate of drug-likeness (QED) is 0.777. The Balaban J connectivity index is 2.60. The predicted molar refractivity (Wildman–Crippen MR) is 75.7 cm³/mol. The summed E-state index contributed by atoms with van der Waals surface area (Å²) < 4.78 is 2.87. The van der Waals surface area contributed by atoms with Crippen molar-refractivity contribution in [2.24, 2.45) is 7.05 Å². The molecule has 0 fully saturated rings. The summed E-state index contributed by atoms with van der Waals surface area (Å²) in [6.07, 6.45) is 0.915.